The van der Waals surface area contributed by atoms with Gasteiger partial charge in [0.2, 0.25) is 0 Å². The molecule has 0 atom stereocenters. The van der Waals surface area contributed by atoms with E-state index in [2.05, 4.69) is 22.8 Å². The van der Waals surface area contributed by atoms with Crippen molar-refractivity contribution in [3.63, 3.8) is 0 Å². The van der Waals surface area contributed by atoms with Crippen LogP contribution in [0.3, 0.4) is 0 Å². The molecule has 2 heteroatoms. The first kappa shape index (κ1) is 13.2. The van der Waals surface area contributed by atoms with Crippen molar-refractivity contribution in [3.05, 3.63) is 58.9 Å². The maximum atomic E-state index is 12.0. The molecule has 2 aromatic rings. The van der Waals surface area contributed by atoms with Crippen molar-refractivity contribution in [2.45, 2.75) is 39.7 Å². The summed E-state index contributed by atoms with van der Waals surface area (Å²) in [5.41, 5.74) is 5.16. The first-order chi connectivity index (χ1) is 9.63. The van der Waals surface area contributed by atoms with Crippen molar-refractivity contribution in [3.8, 4) is 0 Å². The van der Waals surface area contributed by atoms with E-state index in [1.807, 2.05) is 32.3 Å². The van der Waals surface area contributed by atoms with E-state index in [0.29, 0.717) is 0 Å². The second-order valence-corrected chi connectivity index (χ2v) is 6.05. The number of hydrogen-bond donors (Lipinski definition) is 0. The van der Waals surface area contributed by atoms with Gasteiger partial charge in [-0.25, -0.2) is 0 Å². The van der Waals surface area contributed by atoms with Crippen LogP contribution in [0.1, 0.15) is 47.3 Å². The SMILES string of the molecule is CC(C)C(=O)c1ccn(Cc2ccc3c(c2)CCC3)c1. The summed E-state index contributed by atoms with van der Waals surface area (Å²) in [6.45, 7) is 4.74. The van der Waals surface area contributed by atoms with Gasteiger partial charge in [-0.15, -0.1) is 0 Å². The molecule has 20 heavy (non-hydrogen) atoms. The molecule has 0 N–H and O–H groups in total. The van der Waals surface area contributed by atoms with Crippen molar-refractivity contribution in [2.24, 2.45) is 5.92 Å². The average molecular weight is 267 g/mol. The van der Waals surface area contributed by atoms with Gasteiger partial charge in [-0.3, -0.25) is 4.79 Å². The lowest BCUT2D eigenvalue weighted by Crippen LogP contribution is -2.06. The summed E-state index contributed by atoms with van der Waals surface area (Å²) in [6, 6.07) is 8.73. The number of carbonyl (C=O) groups is 1. The first-order valence-corrected chi connectivity index (χ1v) is 7.44. The van der Waals surface area contributed by atoms with Gasteiger partial charge in [0, 0.05) is 30.4 Å². The minimum absolute atomic E-state index is 0.0610. The highest BCUT2D eigenvalue weighted by atomic mass is 16.1. The molecular weight excluding hydrogens is 246 g/mol. The fourth-order valence-corrected chi connectivity index (χ4v) is 2.95. The molecule has 1 aliphatic rings. The van der Waals surface area contributed by atoms with Crippen molar-refractivity contribution in [1.29, 1.82) is 0 Å². The van der Waals surface area contributed by atoms with E-state index in [1.165, 1.54) is 36.0 Å². The summed E-state index contributed by atoms with van der Waals surface area (Å²) < 4.78 is 2.10. The minimum Gasteiger partial charge on any atom is -0.349 e. The Morgan fingerprint density at radius 2 is 2.00 bits per heavy atom. The summed E-state index contributed by atoms with van der Waals surface area (Å²) in [7, 11) is 0. The van der Waals surface area contributed by atoms with Gasteiger partial charge in [0.1, 0.15) is 0 Å². The molecule has 0 bridgehead atoms. The molecule has 0 spiro atoms. The van der Waals surface area contributed by atoms with Crippen LogP contribution in [-0.2, 0) is 19.4 Å². The summed E-state index contributed by atoms with van der Waals surface area (Å²) in [5.74, 6) is 0.281. The number of benzene rings is 1. The summed E-state index contributed by atoms with van der Waals surface area (Å²) >= 11 is 0. The Balaban J connectivity index is 1.77. The lowest BCUT2D eigenvalue weighted by Gasteiger charge is -2.06. The average Bonchev–Trinajstić information content (AvgIpc) is 3.06. The van der Waals surface area contributed by atoms with Crippen LogP contribution in [0.5, 0.6) is 0 Å². The Morgan fingerprint density at radius 3 is 2.80 bits per heavy atom. The first-order valence-electron chi connectivity index (χ1n) is 7.44. The Hall–Kier alpha value is -1.83. The molecular formula is C18H21NO. The van der Waals surface area contributed by atoms with Gasteiger partial charge in [-0.2, -0.15) is 0 Å². The molecule has 1 aromatic heterocycles. The number of aromatic nitrogens is 1. The molecule has 1 aliphatic carbocycles. The van der Waals surface area contributed by atoms with Gasteiger partial charge in [-0.1, -0.05) is 32.0 Å². The predicted octanol–water partition coefficient (Wildman–Crippen LogP) is 3.86. The molecule has 3 rings (SSSR count). The number of fused-ring (bicyclic) bond motifs is 1. The Morgan fingerprint density at radius 1 is 1.20 bits per heavy atom. The van der Waals surface area contributed by atoms with Crippen LogP contribution >= 0.6 is 0 Å². The molecule has 0 fully saturated rings. The molecule has 1 heterocycles. The summed E-state index contributed by atoms with van der Waals surface area (Å²) in [6.07, 6.45) is 7.70. The van der Waals surface area contributed by atoms with Crippen LogP contribution < -0.4 is 0 Å². The van der Waals surface area contributed by atoms with Crippen LogP contribution in [0.2, 0.25) is 0 Å². The van der Waals surface area contributed by atoms with Crippen LogP contribution in [0.4, 0.5) is 0 Å². The van der Waals surface area contributed by atoms with E-state index in [1.54, 1.807) is 0 Å². The Kier molecular flexibility index (Phi) is 3.47. The highest BCUT2D eigenvalue weighted by Gasteiger charge is 2.13. The van der Waals surface area contributed by atoms with E-state index in [-0.39, 0.29) is 11.7 Å². The summed E-state index contributed by atoms with van der Waals surface area (Å²) in [4.78, 5) is 12.0. The lowest BCUT2D eigenvalue weighted by atomic mass is 10.0. The highest BCUT2D eigenvalue weighted by Crippen LogP contribution is 2.23. The van der Waals surface area contributed by atoms with Gasteiger partial charge in [-0.05, 0) is 42.0 Å². The quantitative estimate of drug-likeness (QED) is 0.771. The maximum Gasteiger partial charge on any atom is 0.166 e. The third-order valence-corrected chi connectivity index (χ3v) is 4.09. The fraction of sp³-hybridized carbons (Fsp3) is 0.389. The van der Waals surface area contributed by atoms with Gasteiger partial charge >= 0.3 is 0 Å². The predicted molar refractivity (Wildman–Crippen MR) is 81.2 cm³/mol. The summed E-state index contributed by atoms with van der Waals surface area (Å²) in [5, 5.41) is 0. The lowest BCUT2D eigenvalue weighted by molar-refractivity contribution is 0.0939. The number of aryl methyl sites for hydroxylation is 2. The zero-order chi connectivity index (χ0) is 14.1. The van der Waals surface area contributed by atoms with Crippen LogP contribution in [-0.4, -0.2) is 10.4 Å². The third-order valence-electron chi connectivity index (χ3n) is 4.09. The van der Waals surface area contributed by atoms with Gasteiger partial charge < -0.3 is 4.57 Å². The molecule has 0 saturated carbocycles. The van der Waals surface area contributed by atoms with Crippen LogP contribution in [0.15, 0.2) is 36.7 Å². The third kappa shape index (κ3) is 2.55. The highest BCUT2D eigenvalue weighted by molar-refractivity contribution is 5.97. The number of rotatable bonds is 4. The molecule has 0 saturated heterocycles. The van der Waals surface area contributed by atoms with Crippen molar-refractivity contribution in [1.82, 2.24) is 4.57 Å². The Bertz CT molecular complexity index is 637. The second kappa shape index (κ2) is 5.28. The number of carbonyl (C=O) groups excluding carboxylic acids is 1. The van der Waals surface area contributed by atoms with Gasteiger partial charge in [0.25, 0.3) is 0 Å². The van der Waals surface area contributed by atoms with Gasteiger partial charge in [0.05, 0.1) is 0 Å². The monoisotopic (exact) mass is 267 g/mol. The van der Waals surface area contributed by atoms with Crippen molar-refractivity contribution < 1.29 is 4.79 Å². The smallest absolute Gasteiger partial charge is 0.166 e. The van der Waals surface area contributed by atoms with Crippen LogP contribution in [0.25, 0.3) is 0 Å². The largest absolute Gasteiger partial charge is 0.349 e. The van der Waals surface area contributed by atoms with Gasteiger partial charge in [0.15, 0.2) is 5.78 Å². The number of hydrogen-bond acceptors (Lipinski definition) is 1. The van der Waals surface area contributed by atoms with Crippen molar-refractivity contribution in [2.75, 3.05) is 0 Å². The maximum absolute atomic E-state index is 12.0. The van der Waals surface area contributed by atoms with E-state index in [9.17, 15) is 4.79 Å². The topological polar surface area (TPSA) is 22.0 Å². The number of Topliss-reactive ketones (excluding diaryl/α,β-unsaturated/α-hetero) is 1. The molecule has 0 radical (unpaired) electrons. The zero-order valence-corrected chi connectivity index (χ0v) is 12.2. The van der Waals surface area contributed by atoms with Crippen molar-refractivity contribution >= 4 is 5.78 Å². The molecule has 0 amide bonds. The van der Waals surface area contributed by atoms with E-state index < -0.39 is 0 Å². The minimum atomic E-state index is 0.0610. The Labute approximate surface area is 120 Å². The normalized spacial score (nSPS) is 13.8. The van der Waals surface area contributed by atoms with E-state index >= 15 is 0 Å². The molecule has 104 valence electrons. The number of nitrogens with zero attached hydrogens (tertiary/aromatic N) is 1. The van der Waals surface area contributed by atoms with E-state index in [4.69, 9.17) is 0 Å². The van der Waals surface area contributed by atoms with Crippen LogP contribution in [0, 0.1) is 5.92 Å². The molecule has 2 nitrogen and oxygen atoms in total. The molecule has 1 aromatic carbocycles. The molecule has 0 aliphatic heterocycles. The van der Waals surface area contributed by atoms with E-state index in [0.717, 1.165) is 12.1 Å². The molecule has 0 unspecified atom stereocenters. The standard InChI is InChI=1S/C18H21NO/c1-13(2)18(20)17-8-9-19(12-17)11-14-6-7-15-4-3-5-16(15)10-14/h6-10,12-13H,3-5,11H2,1-2H3. The number of ketones is 1. The fourth-order valence-electron chi connectivity index (χ4n) is 2.95. The zero-order valence-electron chi connectivity index (χ0n) is 12.2. The second-order valence-electron chi connectivity index (χ2n) is 6.05.